The molecule has 1 aliphatic rings. The normalized spacial score (nSPS) is 25.0. The molecule has 1 heterocycles. The van der Waals surface area contributed by atoms with Gasteiger partial charge in [0.1, 0.15) is 0 Å². The smallest absolute Gasteiger partial charge is 0.0631 e. The van der Waals surface area contributed by atoms with Gasteiger partial charge in [0, 0.05) is 6.04 Å². The van der Waals surface area contributed by atoms with Crippen molar-refractivity contribution >= 4 is 0 Å². The van der Waals surface area contributed by atoms with Gasteiger partial charge in [-0.15, -0.1) is 0 Å². The van der Waals surface area contributed by atoms with Gasteiger partial charge in [-0.05, 0) is 52.5 Å². The van der Waals surface area contributed by atoms with E-state index < -0.39 is 0 Å². The second-order valence-electron chi connectivity index (χ2n) is 5.64. The van der Waals surface area contributed by atoms with E-state index in [4.69, 9.17) is 4.74 Å². The largest absolute Gasteiger partial charge is 0.372 e. The van der Waals surface area contributed by atoms with Crippen molar-refractivity contribution in [3.8, 4) is 0 Å². The first-order valence-corrected chi connectivity index (χ1v) is 6.41. The van der Waals surface area contributed by atoms with E-state index in [1.54, 1.807) is 0 Å². The lowest BCUT2D eigenvalue weighted by Gasteiger charge is -2.19. The monoisotopic (exact) mass is 213 g/mol. The molecule has 1 fully saturated rings. The van der Waals surface area contributed by atoms with Gasteiger partial charge in [0.05, 0.1) is 11.7 Å². The number of unbranched alkanes of at least 4 members (excludes halogenated alkanes) is 1. The molecule has 0 bridgehead atoms. The van der Waals surface area contributed by atoms with Crippen molar-refractivity contribution < 1.29 is 4.74 Å². The fraction of sp³-hybridized carbons (Fsp3) is 1.00. The van der Waals surface area contributed by atoms with Crippen LogP contribution in [0.4, 0.5) is 0 Å². The standard InChI is InChI=1S/C13H27NO/c1-11(2)14-10-6-5-7-12-8-9-13(3,4)15-12/h11-12,14H,5-10H2,1-4H3. The lowest BCUT2D eigenvalue weighted by atomic mass is 10.0. The highest BCUT2D eigenvalue weighted by atomic mass is 16.5. The number of hydrogen-bond donors (Lipinski definition) is 1. The molecule has 0 aromatic heterocycles. The van der Waals surface area contributed by atoms with Crippen molar-refractivity contribution in [3.63, 3.8) is 0 Å². The lowest BCUT2D eigenvalue weighted by molar-refractivity contribution is -0.0190. The van der Waals surface area contributed by atoms with Gasteiger partial charge in [0.2, 0.25) is 0 Å². The number of hydrogen-bond acceptors (Lipinski definition) is 2. The number of rotatable bonds is 6. The zero-order valence-corrected chi connectivity index (χ0v) is 10.8. The third-order valence-electron chi connectivity index (χ3n) is 3.06. The van der Waals surface area contributed by atoms with Crippen LogP contribution in [0.2, 0.25) is 0 Å². The Morgan fingerprint density at radius 3 is 2.60 bits per heavy atom. The highest BCUT2D eigenvalue weighted by molar-refractivity contribution is 4.80. The average molecular weight is 213 g/mol. The van der Waals surface area contributed by atoms with E-state index in [-0.39, 0.29) is 5.60 Å². The topological polar surface area (TPSA) is 21.3 Å². The Bertz CT molecular complexity index is 177. The van der Waals surface area contributed by atoms with Crippen LogP contribution < -0.4 is 5.32 Å². The number of nitrogens with one attached hydrogen (secondary N) is 1. The Hall–Kier alpha value is -0.0800. The van der Waals surface area contributed by atoms with E-state index in [1.165, 1.54) is 32.1 Å². The summed E-state index contributed by atoms with van der Waals surface area (Å²) in [5, 5.41) is 3.45. The van der Waals surface area contributed by atoms with Crippen molar-refractivity contribution in [2.75, 3.05) is 6.54 Å². The summed E-state index contributed by atoms with van der Waals surface area (Å²) < 4.78 is 5.96. The Labute approximate surface area is 94.8 Å². The molecule has 0 amide bonds. The third-order valence-corrected chi connectivity index (χ3v) is 3.06. The first-order chi connectivity index (χ1) is 6.99. The van der Waals surface area contributed by atoms with E-state index in [0.717, 1.165) is 6.54 Å². The summed E-state index contributed by atoms with van der Waals surface area (Å²) in [6.45, 7) is 9.94. The SMILES string of the molecule is CC(C)NCCCCC1CCC(C)(C)O1. The van der Waals surface area contributed by atoms with Crippen LogP contribution in [0.3, 0.4) is 0 Å². The van der Waals surface area contributed by atoms with E-state index in [0.29, 0.717) is 12.1 Å². The van der Waals surface area contributed by atoms with Gasteiger partial charge in [-0.1, -0.05) is 13.8 Å². The molecule has 1 rings (SSSR count). The molecular weight excluding hydrogens is 186 g/mol. The van der Waals surface area contributed by atoms with Crippen LogP contribution in [0.25, 0.3) is 0 Å². The van der Waals surface area contributed by atoms with Crippen molar-refractivity contribution in [1.82, 2.24) is 5.32 Å². The molecule has 0 aromatic carbocycles. The molecule has 0 spiro atoms. The van der Waals surface area contributed by atoms with Crippen LogP contribution in [-0.2, 0) is 4.74 Å². The Kier molecular flexibility index (Phi) is 5.07. The fourth-order valence-corrected chi connectivity index (χ4v) is 2.17. The predicted octanol–water partition coefficient (Wildman–Crippen LogP) is 3.11. The van der Waals surface area contributed by atoms with Crippen molar-refractivity contribution in [2.45, 2.75) is 77.5 Å². The molecule has 0 aromatic rings. The van der Waals surface area contributed by atoms with Crippen LogP contribution in [0.15, 0.2) is 0 Å². The summed E-state index contributed by atoms with van der Waals surface area (Å²) in [5.41, 5.74) is 0.140. The second kappa shape index (κ2) is 5.86. The van der Waals surface area contributed by atoms with Crippen LogP contribution >= 0.6 is 0 Å². The minimum Gasteiger partial charge on any atom is -0.372 e. The minimum absolute atomic E-state index is 0.140. The maximum atomic E-state index is 5.96. The fourth-order valence-electron chi connectivity index (χ4n) is 2.17. The Morgan fingerprint density at radius 1 is 1.33 bits per heavy atom. The molecule has 1 aliphatic heterocycles. The van der Waals surface area contributed by atoms with Crippen molar-refractivity contribution in [2.24, 2.45) is 0 Å². The lowest BCUT2D eigenvalue weighted by Crippen LogP contribution is -2.24. The van der Waals surface area contributed by atoms with Gasteiger partial charge in [-0.2, -0.15) is 0 Å². The maximum absolute atomic E-state index is 5.96. The molecule has 1 N–H and O–H groups in total. The summed E-state index contributed by atoms with van der Waals surface area (Å²) >= 11 is 0. The van der Waals surface area contributed by atoms with Gasteiger partial charge >= 0.3 is 0 Å². The molecule has 2 nitrogen and oxygen atoms in total. The first kappa shape index (κ1) is 13.0. The Balaban J connectivity index is 1.97. The van der Waals surface area contributed by atoms with Crippen LogP contribution in [0.5, 0.6) is 0 Å². The predicted molar refractivity (Wildman–Crippen MR) is 65.2 cm³/mol. The molecule has 2 heteroatoms. The van der Waals surface area contributed by atoms with E-state index in [1.807, 2.05) is 0 Å². The van der Waals surface area contributed by atoms with Crippen LogP contribution in [0.1, 0.15) is 59.8 Å². The summed E-state index contributed by atoms with van der Waals surface area (Å²) in [4.78, 5) is 0. The van der Waals surface area contributed by atoms with Gasteiger partial charge in [-0.25, -0.2) is 0 Å². The number of ether oxygens (including phenoxy) is 1. The van der Waals surface area contributed by atoms with E-state index in [2.05, 4.69) is 33.0 Å². The summed E-state index contributed by atoms with van der Waals surface area (Å²) in [6.07, 6.45) is 6.81. The van der Waals surface area contributed by atoms with Gasteiger partial charge < -0.3 is 10.1 Å². The van der Waals surface area contributed by atoms with Gasteiger partial charge in [0.25, 0.3) is 0 Å². The quantitative estimate of drug-likeness (QED) is 0.685. The van der Waals surface area contributed by atoms with Crippen LogP contribution in [-0.4, -0.2) is 24.3 Å². The maximum Gasteiger partial charge on any atom is 0.0631 e. The van der Waals surface area contributed by atoms with Gasteiger partial charge in [-0.3, -0.25) is 0 Å². The zero-order valence-electron chi connectivity index (χ0n) is 10.8. The summed E-state index contributed by atoms with van der Waals surface area (Å²) in [6, 6.07) is 0.617. The first-order valence-electron chi connectivity index (χ1n) is 6.41. The molecule has 0 saturated carbocycles. The average Bonchev–Trinajstić information content (AvgIpc) is 2.44. The highest BCUT2D eigenvalue weighted by Gasteiger charge is 2.30. The van der Waals surface area contributed by atoms with Crippen molar-refractivity contribution in [3.05, 3.63) is 0 Å². The Morgan fingerprint density at radius 2 is 2.07 bits per heavy atom. The van der Waals surface area contributed by atoms with E-state index in [9.17, 15) is 0 Å². The molecule has 0 aliphatic carbocycles. The summed E-state index contributed by atoms with van der Waals surface area (Å²) in [5.74, 6) is 0. The molecule has 0 radical (unpaired) electrons. The molecule has 90 valence electrons. The molecular formula is C13H27NO. The molecule has 1 atom stereocenters. The highest BCUT2D eigenvalue weighted by Crippen LogP contribution is 2.31. The second-order valence-corrected chi connectivity index (χ2v) is 5.64. The third kappa shape index (κ3) is 5.53. The van der Waals surface area contributed by atoms with Crippen molar-refractivity contribution in [1.29, 1.82) is 0 Å². The van der Waals surface area contributed by atoms with Crippen LogP contribution in [0, 0.1) is 0 Å². The molecule has 15 heavy (non-hydrogen) atoms. The minimum atomic E-state index is 0.140. The van der Waals surface area contributed by atoms with E-state index >= 15 is 0 Å². The zero-order chi connectivity index (χ0) is 11.3. The van der Waals surface area contributed by atoms with Gasteiger partial charge in [0.15, 0.2) is 0 Å². The molecule has 1 unspecified atom stereocenters. The summed E-state index contributed by atoms with van der Waals surface area (Å²) in [7, 11) is 0. The molecule has 1 saturated heterocycles.